The topological polar surface area (TPSA) is 54.4 Å². The molecule has 0 saturated carbocycles. The van der Waals surface area contributed by atoms with Crippen LogP contribution in [0, 0.1) is 0 Å². The molecule has 0 rings (SSSR count). The number of rotatable bonds is 6. The fourth-order valence-corrected chi connectivity index (χ4v) is 5.01. The average molecular weight is 240 g/mol. The van der Waals surface area contributed by atoms with E-state index in [1.807, 2.05) is 0 Å². The molecule has 0 radical (unpaired) electrons. The van der Waals surface area contributed by atoms with E-state index in [0.717, 1.165) is 6.16 Å². The zero-order valence-corrected chi connectivity index (χ0v) is 11.1. The fraction of sp³-hybridized carbons (Fsp3) is 1.00. The molecule has 3 nitrogen and oxygen atoms in total. The van der Waals surface area contributed by atoms with Gasteiger partial charge in [0.15, 0.2) is 0 Å². The van der Waals surface area contributed by atoms with Crippen LogP contribution in [0.2, 0.25) is 0 Å². The molecule has 0 spiro atoms. The van der Waals surface area contributed by atoms with Gasteiger partial charge in [-0.05, 0) is 23.9 Å². The minimum atomic E-state index is -3.76. The molecule has 14 heavy (non-hydrogen) atoms. The quantitative estimate of drug-likeness (QED) is 0.573. The van der Waals surface area contributed by atoms with Gasteiger partial charge in [-0.25, -0.2) is 0 Å². The molecule has 0 saturated heterocycles. The first-order chi connectivity index (χ1) is 6.24. The first-order valence-corrected chi connectivity index (χ1v) is 8.22. The van der Waals surface area contributed by atoms with Gasteiger partial charge in [0.2, 0.25) is 0 Å². The highest BCUT2D eigenvalue weighted by atomic mass is 32.2. The van der Waals surface area contributed by atoms with Crippen molar-refractivity contribution in [3.8, 4) is 0 Å². The maximum Gasteiger partial charge on any atom is 0.264 e. The second-order valence-corrected chi connectivity index (χ2v) is 9.18. The Kier molecular flexibility index (Phi) is 6.19. The summed E-state index contributed by atoms with van der Waals surface area (Å²) in [5, 5.41) is 0. The third kappa shape index (κ3) is 6.74. The van der Waals surface area contributed by atoms with E-state index in [0.29, 0.717) is 17.7 Å². The summed E-state index contributed by atoms with van der Waals surface area (Å²) in [6.07, 6.45) is 1.52. The van der Waals surface area contributed by atoms with Crippen LogP contribution in [0.15, 0.2) is 0 Å². The normalized spacial score (nSPS) is 13.1. The third-order valence-electron chi connectivity index (χ3n) is 2.15. The molecule has 0 aliphatic rings. The fourth-order valence-electron chi connectivity index (χ4n) is 1.54. The molecule has 0 aromatic heterocycles. The highest BCUT2D eigenvalue weighted by Crippen LogP contribution is 2.46. The summed E-state index contributed by atoms with van der Waals surface area (Å²) in [5.74, 6) is -0.0920. The standard InChI is InChI=1S/C9H21O3PS/c1-8(2)13(9(3)4)6-5-7-14(10,11)12/h8-9H,5-7H2,1-4H3,(H,10,11,12). The molecule has 0 aliphatic carbocycles. The first-order valence-electron chi connectivity index (χ1n) is 4.95. The molecular weight excluding hydrogens is 219 g/mol. The van der Waals surface area contributed by atoms with Crippen molar-refractivity contribution in [2.24, 2.45) is 0 Å². The van der Waals surface area contributed by atoms with E-state index in [1.54, 1.807) is 0 Å². The van der Waals surface area contributed by atoms with Gasteiger partial charge in [0.05, 0.1) is 5.75 Å². The van der Waals surface area contributed by atoms with Crippen LogP contribution in [-0.2, 0) is 10.1 Å². The molecule has 0 aromatic rings. The molecule has 0 heterocycles. The molecule has 1 N–H and O–H groups in total. The van der Waals surface area contributed by atoms with Crippen molar-refractivity contribution in [3.63, 3.8) is 0 Å². The minimum absolute atomic E-state index is 0.0920. The van der Waals surface area contributed by atoms with Crippen molar-refractivity contribution in [1.82, 2.24) is 0 Å². The maximum absolute atomic E-state index is 10.5. The highest BCUT2D eigenvalue weighted by molar-refractivity contribution is 7.85. The van der Waals surface area contributed by atoms with Gasteiger partial charge >= 0.3 is 0 Å². The Balaban J connectivity index is 3.96. The predicted octanol–water partition coefficient (Wildman–Crippen LogP) is 2.56. The molecule has 0 aromatic carbocycles. The summed E-state index contributed by atoms with van der Waals surface area (Å²) in [6.45, 7) is 8.72. The summed E-state index contributed by atoms with van der Waals surface area (Å²) >= 11 is 0. The molecule has 86 valence electrons. The van der Waals surface area contributed by atoms with Crippen molar-refractivity contribution in [2.45, 2.75) is 45.4 Å². The van der Waals surface area contributed by atoms with E-state index < -0.39 is 10.1 Å². The zero-order chi connectivity index (χ0) is 11.4. The van der Waals surface area contributed by atoms with Gasteiger partial charge in [-0.15, -0.1) is 7.92 Å². The largest absolute Gasteiger partial charge is 0.286 e. The Labute approximate surface area is 88.8 Å². The van der Waals surface area contributed by atoms with Gasteiger partial charge in [0, 0.05) is 0 Å². The number of hydrogen-bond donors (Lipinski definition) is 1. The van der Waals surface area contributed by atoms with Gasteiger partial charge in [0.25, 0.3) is 10.1 Å². The zero-order valence-electron chi connectivity index (χ0n) is 9.40. The van der Waals surface area contributed by atoms with Crippen LogP contribution in [0.5, 0.6) is 0 Å². The van der Waals surface area contributed by atoms with E-state index in [-0.39, 0.29) is 13.7 Å². The Morgan fingerprint density at radius 2 is 1.57 bits per heavy atom. The van der Waals surface area contributed by atoms with Crippen LogP contribution in [0.1, 0.15) is 34.1 Å². The van der Waals surface area contributed by atoms with Crippen LogP contribution in [0.4, 0.5) is 0 Å². The molecule has 0 aliphatic heterocycles. The van der Waals surface area contributed by atoms with Crippen LogP contribution < -0.4 is 0 Å². The van der Waals surface area contributed by atoms with Crippen LogP contribution in [0.3, 0.4) is 0 Å². The van der Waals surface area contributed by atoms with Crippen molar-refractivity contribution >= 4 is 18.0 Å². The lowest BCUT2D eigenvalue weighted by Gasteiger charge is -2.25. The lowest BCUT2D eigenvalue weighted by molar-refractivity contribution is 0.482. The summed E-state index contributed by atoms with van der Waals surface area (Å²) in [6, 6.07) is 0. The maximum atomic E-state index is 10.5. The monoisotopic (exact) mass is 240 g/mol. The Morgan fingerprint density at radius 1 is 1.14 bits per heavy atom. The van der Waals surface area contributed by atoms with Crippen molar-refractivity contribution in [1.29, 1.82) is 0 Å². The van der Waals surface area contributed by atoms with Gasteiger partial charge in [0.1, 0.15) is 0 Å². The first kappa shape index (κ1) is 14.3. The van der Waals surface area contributed by atoms with Crippen LogP contribution >= 0.6 is 7.92 Å². The second kappa shape index (κ2) is 6.04. The SMILES string of the molecule is CC(C)P(CCCS(=O)(=O)O)C(C)C. The molecule has 0 unspecified atom stereocenters. The number of hydrogen-bond acceptors (Lipinski definition) is 2. The van der Waals surface area contributed by atoms with Crippen molar-refractivity contribution in [2.75, 3.05) is 11.9 Å². The summed E-state index contributed by atoms with van der Waals surface area (Å²) < 4.78 is 29.6. The molecule has 5 heteroatoms. The van der Waals surface area contributed by atoms with Gasteiger partial charge in [-0.1, -0.05) is 27.7 Å². The van der Waals surface area contributed by atoms with Gasteiger partial charge < -0.3 is 0 Å². The minimum Gasteiger partial charge on any atom is -0.286 e. The lowest BCUT2D eigenvalue weighted by Crippen LogP contribution is -2.10. The van der Waals surface area contributed by atoms with Crippen molar-refractivity contribution in [3.05, 3.63) is 0 Å². The second-order valence-electron chi connectivity index (χ2n) is 4.06. The Morgan fingerprint density at radius 3 is 1.86 bits per heavy atom. The summed E-state index contributed by atoms with van der Waals surface area (Å²) in [5.41, 5.74) is 1.26. The Hall–Kier alpha value is 0.340. The van der Waals surface area contributed by atoms with Gasteiger partial charge in [-0.2, -0.15) is 8.42 Å². The molecule has 0 atom stereocenters. The third-order valence-corrected chi connectivity index (χ3v) is 6.44. The smallest absolute Gasteiger partial charge is 0.264 e. The predicted molar refractivity (Wildman–Crippen MR) is 63.1 cm³/mol. The van der Waals surface area contributed by atoms with E-state index >= 15 is 0 Å². The van der Waals surface area contributed by atoms with Crippen molar-refractivity contribution < 1.29 is 13.0 Å². The average Bonchev–Trinajstić information content (AvgIpc) is 1.94. The molecular formula is C9H21O3PS. The van der Waals surface area contributed by atoms with Gasteiger partial charge in [-0.3, -0.25) is 4.55 Å². The highest BCUT2D eigenvalue weighted by Gasteiger charge is 2.17. The van der Waals surface area contributed by atoms with E-state index in [2.05, 4.69) is 27.7 Å². The molecule has 0 amide bonds. The molecule has 0 fully saturated rings. The Bertz CT molecular complexity index is 239. The van der Waals surface area contributed by atoms with E-state index in [1.165, 1.54) is 0 Å². The van der Waals surface area contributed by atoms with E-state index in [9.17, 15) is 8.42 Å². The summed E-state index contributed by atoms with van der Waals surface area (Å²) in [4.78, 5) is 0. The lowest BCUT2D eigenvalue weighted by atomic mass is 10.5. The molecule has 0 bridgehead atoms. The van der Waals surface area contributed by atoms with E-state index in [4.69, 9.17) is 4.55 Å². The summed E-state index contributed by atoms with van der Waals surface area (Å²) in [7, 11) is -3.87. The van der Waals surface area contributed by atoms with Crippen LogP contribution in [0.25, 0.3) is 0 Å². The van der Waals surface area contributed by atoms with Crippen LogP contribution in [-0.4, -0.2) is 36.2 Å².